The zero-order valence-electron chi connectivity index (χ0n) is 17.3. The third kappa shape index (κ3) is 4.92. The van der Waals surface area contributed by atoms with Crippen molar-refractivity contribution >= 4 is 17.6 Å². The van der Waals surface area contributed by atoms with Gasteiger partial charge in [0.1, 0.15) is 5.82 Å². The van der Waals surface area contributed by atoms with Crippen LogP contribution in [0.15, 0.2) is 30.5 Å². The summed E-state index contributed by atoms with van der Waals surface area (Å²) in [5.74, 6) is 0.155. The average Bonchev–Trinajstić information content (AvgIpc) is 3.51. The lowest BCUT2D eigenvalue weighted by atomic mass is 9.97. The number of aryl methyl sites for hydroxylation is 1. The molecular weight excluding hydrogens is 368 g/mol. The van der Waals surface area contributed by atoms with E-state index in [2.05, 4.69) is 15.6 Å². The van der Waals surface area contributed by atoms with E-state index in [4.69, 9.17) is 0 Å². The fraction of sp³-hybridized carbons (Fsp3) is 0.409. The molecule has 2 amide bonds. The van der Waals surface area contributed by atoms with Gasteiger partial charge in [-0.2, -0.15) is 0 Å². The zero-order valence-corrected chi connectivity index (χ0v) is 17.3. The van der Waals surface area contributed by atoms with Crippen molar-refractivity contribution in [3.8, 4) is 11.1 Å². The summed E-state index contributed by atoms with van der Waals surface area (Å²) in [6.07, 6.45) is 3.75. The van der Waals surface area contributed by atoms with Crippen molar-refractivity contribution in [1.82, 2.24) is 15.2 Å². The molecule has 7 heteroatoms. The molecule has 0 bridgehead atoms. The Morgan fingerprint density at radius 1 is 1.28 bits per heavy atom. The normalized spacial score (nSPS) is 14.2. The highest BCUT2D eigenvalue weighted by Crippen LogP contribution is 2.28. The molecule has 1 aliphatic rings. The predicted molar refractivity (Wildman–Crippen MR) is 113 cm³/mol. The van der Waals surface area contributed by atoms with Crippen molar-refractivity contribution in [3.63, 3.8) is 0 Å². The fourth-order valence-corrected chi connectivity index (χ4v) is 2.98. The summed E-state index contributed by atoms with van der Waals surface area (Å²) >= 11 is 0. The third-order valence-electron chi connectivity index (χ3n) is 4.90. The predicted octanol–water partition coefficient (Wildman–Crippen LogP) is 2.44. The molecule has 154 valence electrons. The maximum absolute atomic E-state index is 12.7. The molecule has 2 aromatic rings. The van der Waals surface area contributed by atoms with Crippen LogP contribution in [-0.2, 0) is 0 Å². The molecule has 0 saturated heterocycles. The molecule has 1 atom stereocenters. The minimum atomic E-state index is -0.238. The number of carbonyl (C=O) groups is 2. The molecule has 1 aliphatic carbocycles. The lowest BCUT2D eigenvalue weighted by Crippen LogP contribution is -2.26. The number of carbonyl (C=O) groups excluding carboxylic acids is 2. The Labute approximate surface area is 171 Å². The lowest BCUT2D eigenvalue weighted by Gasteiger charge is -2.19. The molecule has 0 radical (unpaired) electrons. The number of pyridine rings is 1. The van der Waals surface area contributed by atoms with Gasteiger partial charge < -0.3 is 20.6 Å². The number of aromatic nitrogens is 1. The summed E-state index contributed by atoms with van der Waals surface area (Å²) in [5, 5.41) is 15.4. The van der Waals surface area contributed by atoms with Gasteiger partial charge in [0.15, 0.2) is 0 Å². The molecule has 1 heterocycles. The van der Waals surface area contributed by atoms with E-state index in [9.17, 15) is 14.7 Å². The Kier molecular flexibility index (Phi) is 6.17. The van der Waals surface area contributed by atoms with Gasteiger partial charge in [-0.15, -0.1) is 0 Å². The first-order valence-corrected chi connectivity index (χ1v) is 9.81. The van der Waals surface area contributed by atoms with E-state index in [-0.39, 0.29) is 30.5 Å². The van der Waals surface area contributed by atoms with Crippen LogP contribution >= 0.6 is 0 Å². The highest BCUT2D eigenvalue weighted by molar-refractivity contribution is 6.00. The number of aliphatic hydroxyl groups is 1. The van der Waals surface area contributed by atoms with Crippen LogP contribution in [0.3, 0.4) is 0 Å². The number of benzene rings is 1. The number of hydrogen-bond acceptors (Lipinski definition) is 5. The van der Waals surface area contributed by atoms with Gasteiger partial charge in [-0.1, -0.05) is 6.07 Å². The van der Waals surface area contributed by atoms with E-state index in [1.807, 2.05) is 32.0 Å². The smallest absolute Gasteiger partial charge is 0.257 e. The van der Waals surface area contributed by atoms with E-state index in [0.717, 1.165) is 29.5 Å². The molecule has 1 saturated carbocycles. The second-order valence-corrected chi connectivity index (χ2v) is 7.83. The van der Waals surface area contributed by atoms with E-state index in [1.165, 1.54) is 4.90 Å². The van der Waals surface area contributed by atoms with Gasteiger partial charge in [0.2, 0.25) is 0 Å². The first-order chi connectivity index (χ1) is 13.8. The summed E-state index contributed by atoms with van der Waals surface area (Å²) < 4.78 is 0. The Balaban J connectivity index is 2.00. The first-order valence-electron chi connectivity index (χ1n) is 9.81. The molecule has 29 heavy (non-hydrogen) atoms. The molecule has 3 N–H and O–H groups in total. The quantitative estimate of drug-likeness (QED) is 0.668. The lowest BCUT2D eigenvalue weighted by molar-refractivity contribution is 0.0827. The highest BCUT2D eigenvalue weighted by atomic mass is 16.3. The van der Waals surface area contributed by atoms with Crippen molar-refractivity contribution in [2.75, 3.05) is 26.0 Å². The maximum atomic E-state index is 12.7. The fourth-order valence-electron chi connectivity index (χ4n) is 2.98. The van der Waals surface area contributed by atoms with Gasteiger partial charge in [0.05, 0.1) is 12.2 Å². The maximum Gasteiger partial charge on any atom is 0.257 e. The molecule has 1 aromatic carbocycles. The van der Waals surface area contributed by atoms with Crippen LogP contribution in [0.5, 0.6) is 0 Å². The van der Waals surface area contributed by atoms with Crippen LogP contribution in [0.2, 0.25) is 0 Å². The van der Waals surface area contributed by atoms with Crippen LogP contribution in [0, 0.1) is 6.92 Å². The Morgan fingerprint density at radius 3 is 2.62 bits per heavy atom. The van der Waals surface area contributed by atoms with Gasteiger partial charge in [0.25, 0.3) is 11.8 Å². The molecule has 1 aromatic heterocycles. The van der Waals surface area contributed by atoms with E-state index >= 15 is 0 Å². The Morgan fingerprint density at radius 2 is 2.00 bits per heavy atom. The van der Waals surface area contributed by atoms with Crippen LogP contribution in [0.25, 0.3) is 11.1 Å². The van der Waals surface area contributed by atoms with E-state index in [1.54, 1.807) is 26.4 Å². The molecule has 7 nitrogen and oxygen atoms in total. The number of nitrogens with one attached hydrogen (secondary N) is 2. The van der Waals surface area contributed by atoms with Crippen LogP contribution in [0.1, 0.15) is 46.0 Å². The summed E-state index contributed by atoms with van der Waals surface area (Å²) in [6.45, 7) is 3.70. The van der Waals surface area contributed by atoms with Crippen LogP contribution in [0.4, 0.5) is 5.82 Å². The van der Waals surface area contributed by atoms with Gasteiger partial charge >= 0.3 is 0 Å². The largest absolute Gasteiger partial charge is 0.394 e. The summed E-state index contributed by atoms with van der Waals surface area (Å²) in [4.78, 5) is 31.1. The minimum absolute atomic E-state index is 0.0731. The van der Waals surface area contributed by atoms with Gasteiger partial charge in [-0.3, -0.25) is 9.59 Å². The Hall–Kier alpha value is -2.93. The number of rotatable bonds is 7. The van der Waals surface area contributed by atoms with Crippen molar-refractivity contribution in [1.29, 1.82) is 0 Å². The summed E-state index contributed by atoms with van der Waals surface area (Å²) in [6, 6.07) is 7.40. The van der Waals surface area contributed by atoms with Crippen LogP contribution in [-0.4, -0.2) is 59.6 Å². The molecule has 3 rings (SSSR count). The zero-order chi connectivity index (χ0) is 21.1. The summed E-state index contributed by atoms with van der Waals surface area (Å²) in [5.41, 5.74) is 3.61. The number of nitrogens with zero attached hydrogens (tertiary/aromatic N) is 2. The van der Waals surface area contributed by atoms with Crippen molar-refractivity contribution < 1.29 is 14.7 Å². The Bertz CT molecular complexity index is 922. The highest BCUT2D eigenvalue weighted by Gasteiger charge is 2.24. The standard InChI is InChI=1S/C22H28N4O3/c1-13-5-6-15(21(28)25-17-7-8-17)9-18(13)16-10-19(22(29)26(3)4)20(23-11-16)24-14(2)12-27/h5-6,9-11,14,17,27H,7-8,12H2,1-4H3,(H,23,24)(H,25,28)/t14-/m0/s1. The number of hydrogen-bond donors (Lipinski definition) is 3. The van der Waals surface area contributed by atoms with Crippen molar-refractivity contribution in [2.45, 2.75) is 38.8 Å². The third-order valence-corrected chi connectivity index (χ3v) is 4.90. The number of aliphatic hydroxyl groups excluding tert-OH is 1. The van der Waals surface area contributed by atoms with Crippen LogP contribution < -0.4 is 10.6 Å². The average molecular weight is 396 g/mol. The molecular formula is C22H28N4O3. The van der Waals surface area contributed by atoms with E-state index in [0.29, 0.717) is 16.9 Å². The molecule has 1 fully saturated rings. The number of anilines is 1. The van der Waals surface area contributed by atoms with Gasteiger partial charge in [0, 0.05) is 43.5 Å². The molecule has 0 aliphatic heterocycles. The minimum Gasteiger partial charge on any atom is -0.394 e. The topological polar surface area (TPSA) is 94.6 Å². The van der Waals surface area contributed by atoms with Crippen molar-refractivity contribution in [2.24, 2.45) is 0 Å². The second-order valence-electron chi connectivity index (χ2n) is 7.83. The molecule has 0 unspecified atom stereocenters. The SMILES string of the molecule is Cc1ccc(C(=O)NC2CC2)cc1-c1cnc(N[C@@H](C)CO)c(C(=O)N(C)C)c1. The van der Waals surface area contributed by atoms with Crippen molar-refractivity contribution in [3.05, 3.63) is 47.2 Å². The summed E-state index contributed by atoms with van der Waals surface area (Å²) in [7, 11) is 3.37. The van der Waals surface area contributed by atoms with E-state index < -0.39 is 0 Å². The molecule has 0 spiro atoms. The van der Waals surface area contributed by atoms with Gasteiger partial charge in [-0.05, 0) is 56.0 Å². The first kappa shape index (κ1) is 20.8. The van der Waals surface area contributed by atoms with Gasteiger partial charge in [-0.25, -0.2) is 4.98 Å². The second kappa shape index (κ2) is 8.61. The monoisotopic (exact) mass is 396 g/mol. The number of amides is 2.